The molecule has 0 bridgehead atoms. The fraction of sp³-hybridized carbons (Fsp3) is 0.127. The maximum absolute atomic E-state index is 2.41. The van der Waals surface area contributed by atoms with Crippen molar-refractivity contribution in [3.8, 4) is 0 Å². The molecule has 0 saturated heterocycles. The lowest BCUT2D eigenvalue weighted by Gasteiger charge is -2.06. The largest absolute Gasteiger partial charge is 0.341 e. The number of rotatable bonds is 10. The number of aromatic nitrogens is 3. The molecular formula is C55H47N3. The number of aryl methyl sites for hydroxylation is 3. The van der Waals surface area contributed by atoms with E-state index in [1.54, 1.807) is 0 Å². The first-order chi connectivity index (χ1) is 28.6. The summed E-state index contributed by atoms with van der Waals surface area (Å²) >= 11 is 0. The molecule has 0 spiro atoms. The van der Waals surface area contributed by atoms with Crippen LogP contribution in [0.3, 0.4) is 0 Å². The van der Waals surface area contributed by atoms with Crippen LogP contribution in [0.25, 0.3) is 95.8 Å². The Morgan fingerprint density at radius 2 is 0.672 bits per heavy atom. The molecule has 3 heterocycles. The van der Waals surface area contributed by atoms with Gasteiger partial charge < -0.3 is 13.7 Å². The summed E-state index contributed by atoms with van der Waals surface area (Å²) in [5.41, 5.74) is 15.0. The monoisotopic (exact) mass is 749 g/mol. The lowest BCUT2D eigenvalue weighted by molar-refractivity contribution is 0.827. The van der Waals surface area contributed by atoms with Crippen LogP contribution in [-0.2, 0) is 26.1 Å². The fourth-order valence-corrected chi connectivity index (χ4v) is 9.32. The predicted molar refractivity (Wildman–Crippen MR) is 252 cm³/mol. The van der Waals surface area contributed by atoms with E-state index in [4.69, 9.17) is 0 Å². The highest BCUT2D eigenvalue weighted by atomic mass is 15.0. The van der Waals surface area contributed by atoms with Crippen LogP contribution in [0.1, 0.15) is 54.2 Å². The van der Waals surface area contributed by atoms with E-state index in [-0.39, 0.29) is 0 Å². The molecule has 0 aliphatic heterocycles. The number of hydrogen-bond donors (Lipinski definition) is 0. The van der Waals surface area contributed by atoms with Crippen molar-refractivity contribution in [1.29, 1.82) is 0 Å². The van der Waals surface area contributed by atoms with Crippen molar-refractivity contribution in [2.45, 2.75) is 46.8 Å². The third-order valence-electron chi connectivity index (χ3n) is 12.0. The van der Waals surface area contributed by atoms with Gasteiger partial charge in [0.25, 0.3) is 0 Å². The Balaban J connectivity index is 0.994. The van der Waals surface area contributed by atoms with Gasteiger partial charge in [-0.25, -0.2) is 0 Å². The first kappa shape index (κ1) is 35.6. The van der Waals surface area contributed by atoms with Crippen molar-refractivity contribution >= 4 is 95.8 Å². The summed E-state index contributed by atoms with van der Waals surface area (Å²) in [4.78, 5) is 0. The standard InChI is InChI=1S/C55H47N3/c1-4-56-50-19-10-7-16-44(50)47-35-38(26-29-53(47)56)14-13-15-41-32-42(24-22-39-27-30-54-48(36-39)45-17-8-11-20-51(45)57(54)5-2)34-43(33-41)25-23-40-28-31-55-49(37-40)46-18-9-12-21-52(46)58(55)6-3/h7-14,16-37H,4-6,15H2,1-3H3/b14-13?,24-22+,25-23+. The molecule has 282 valence electrons. The number of benzene rings is 7. The van der Waals surface area contributed by atoms with Crippen LogP contribution in [0, 0.1) is 0 Å². The van der Waals surface area contributed by atoms with Gasteiger partial charge in [0.1, 0.15) is 0 Å². The van der Waals surface area contributed by atoms with Crippen molar-refractivity contribution in [2.75, 3.05) is 0 Å². The molecule has 0 aliphatic carbocycles. The van der Waals surface area contributed by atoms with Crippen LogP contribution in [-0.4, -0.2) is 13.7 Å². The van der Waals surface area contributed by atoms with E-state index in [1.807, 2.05) is 0 Å². The van der Waals surface area contributed by atoms with Crippen LogP contribution in [0.5, 0.6) is 0 Å². The van der Waals surface area contributed by atoms with Crippen molar-refractivity contribution in [3.63, 3.8) is 0 Å². The third-order valence-corrected chi connectivity index (χ3v) is 12.0. The number of fused-ring (bicyclic) bond motifs is 9. The van der Waals surface area contributed by atoms with Crippen molar-refractivity contribution < 1.29 is 0 Å². The highest BCUT2D eigenvalue weighted by Gasteiger charge is 2.12. The SMILES string of the molecule is CCn1c2ccccc2c2cc(C=CCc3cc(/C=C/c4ccc5c(c4)c4ccccc4n5CC)cc(/C=C/c4ccc5c(c4)c4ccccc4n5CC)c3)ccc21. The highest BCUT2D eigenvalue weighted by Crippen LogP contribution is 2.33. The minimum Gasteiger partial charge on any atom is -0.341 e. The predicted octanol–water partition coefficient (Wildman–Crippen LogP) is 14.7. The van der Waals surface area contributed by atoms with Crippen LogP contribution in [0.2, 0.25) is 0 Å². The van der Waals surface area contributed by atoms with Gasteiger partial charge in [0.05, 0.1) is 0 Å². The van der Waals surface area contributed by atoms with Gasteiger partial charge in [-0.3, -0.25) is 0 Å². The van der Waals surface area contributed by atoms with Gasteiger partial charge in [-0.15, -0.1) is 0 Å². The van der Waals surface area contributed by atoms with E-state index in [9.17, 15) is 0 Å². The van der Waals surface area contributed by atoms with Crippen LogP contribution < -0.4 is 0 Å². The summed E-state index contributed by atoms with van der Waals surface area (Å²) in [6.45, 7) is 9.53. The summed E-state index contributed by atoms with van der Waals surface area (Å²) in [7, 11) is 0. The molecule has 0 aliphatic rings. The number of nitrogens with zero attached hydrogens (tertiary/aromatic N) is 3. The second-order valence-electron chi connectivity index (χ2n) is 15.4. The molecule has 0 saturated carbocycles. The summed E-state index contributed by atoms with van der Waals surface area (Å²) in [6.07, 6.45) is 14.5. The fourth-order valence-electron chi connectivity index (χ4n) is 9.32. The van der Waals surface area contributed by atoms with Crippen molar-refractivity contribution in [3.05, 3.63) is 185 Å². The molecule has 10 rings (SSSR count). The van der Waals surface area contributed by atoms with Crippen LogP contribution in [0.15, 0.2) is 152 Å². The molecule has 3 nitrogen and oxygen atoms in total. The normalized spacial score (nSPS) is 12.5. The number of para-hydroxylation sites is 3. The van der Waals surface area contributed by atoms with Gasteiger partial charge in [0.2, 0.25) is 0 Å². The molecule has 3 heteroatoms. The number of hydrogen-bond acceptors (Lipinski definition) is 0. The molecular weight excluding hydrogens is 703 g/mol. The third kappa shape index (κ3) is 6.24. The van der Waals surface area contributed by atoms with Crippen LogP contribution in [0.4, 0.5) is 0 Å². The second kappa shape index (κ2) is 14.9. The molecule has 0 fully saturated rings. The summed E-state index contributed by atoms with van der Waals surface area (Å²) < 4.78 is 7.24. The van der Waals surface area contributed by atoms with Gasteiger partial charge in [0, 0.05) is 85.1 Å². The van der Waals surface area contributed by atoms with Gasteiger partial charge >= 0.3 is 0 Å². The molecule has 7 aromatic carbocycles. The smallest absolute Gasteiger partial charge is 0.0491 e. The molecule has 58 heavy (non-hydrogen) atoms. The van der Waals surface area contributed by atoms with Gasteiger partial charge in [-0.1, -0.05) is 121 Å². The molecule has 0 unspecified atom stereocenters. The Hall–Kier alpha value is -6.84. The lowest BCUT2D eigenvalue weighted by Crippen LogP contribution is -1.92. The summed E-state index contributed by atoms with van der Waals surface area (Å²) in [5.74, 6) is 0. The number of allylic oxidation sites excluding steroid dienone is 1. The second-order valence-corrected chi connectivity index (χ2v) is 15.4. The Kier molecular flexibility index (Phi) is 9.14. The Morgan fingerprint density at radius 1 is 0.328 bits per heavy atom. The first-order valence-electron chi connectivity index (χ1n) is 20.8. The molecule has 0 N–H and O–H groups in total. The van der Waals surface area contributed by atoms with Gasteiger partial charge in [-0.05, 0) is 121 Å². The molecule has 0 amide bonds. The van der Waals surface area contributed by atoms with Crippen molar-refractivity contribution in [2.24, 2.45) is 0 Å². The zero-order valence-electron chi connectivity index (χ0n) is 33.5. The maximum atomic E-state index is 2.41. The zero-order valence-corrected chi connectivity index (χ0v) is 33.5. The maximum Gasteiger partial charge on any atom is 0.0491 e. The van der Waals surface area contributed by atoms with E-state index in [0.717, 1.165) is 26.1 Å². The molecule has 3 aromatic heterocycles. The Bertz CT molecular complexity index is 3120. The molecule has 0 atom stereocenters. The molecule has 10 aromatic rings. The zero-order chi connectivity index (χ0) is 39.2. The first-order valence-corrected chi connectivity index (χ1v) is 20.8. The average molecular weight is 750 g/mol. The average Bonchev–Trinajstić information content (AvgIpc) is 3.89. The topological polar surface area (TPSA) is 14.8 Å². The summed E-state index contributed by atoms with van der Waals surface area (Å²) in [6, 6.07) is 53.8. The molecule has 0 radical (unpaired) electrons. The van der Waals surface area contributed by atoms with E-state index < -0.39 is 0 Å². The lowest BCUT2D eigenvalue weighted by atomic mass is 10.0. The quantitative estimate of drug-likeness (QED) is 0.124. The minimum absolute atomic E-state index is 0.836. The van der Waals surface area contributed by atoms with Gasteiger partial charge in [0.15, 0.2) is 0 Å². The minimum atomic E-state index is 0.836. The van der Waals surface area contributed by atoms with E-state index >= 15 is 0 Å². The van der Waals surface area contributed by atoms with E-state index in [1.165, 1.54) is 98.8 Å². The highest BCUT2D eigenvalue weighted by molar-refractivity contribution is 6.10. The van der Waals surface area contributed by atoms with E-state index in [2.05, 4.69) is 217 Å². The Morgan fingerprint density at radius 3 is 1.07 bits per heavy atom. The van der Waals surface area contributed by atoms with Crippen molar-refractivity contribution in [1.82, 2.24) is 13.7 Å². The van der Waals surface area contributed by atoms with E-state index in [0.29, 0.717) is 0 Å². The van der Waals surface area contributed by atoms with Gasteiger partial charge in [-0.2, -0.15) is 0 Å². The summed E-state index contributed by atoms with van der Waals surface area (Å²) in [5, 5.41) is 7.86. The van der Waals surface area contributed by atoms with Crippen LogP contribution >= 0.6 is 0 Å². The Labute approximate surface area is 340 Å².